The van der Waals surface area contributed by atoms with Crippen LogP contribution in [-0.4, -0.2) is 13.4 Å². The van der Waals surface area contributed by atoms with Gasteiger partial charge in [-0.25, -0.2) is 0 Å². The van der Waals surface area contributed by atoms with Crippen LogP contribution < -0.4 is 4.74 Å². The SMILES string of the molecule is COc1ccc(C(C=O)=C(Cl)c2ccc(Cl)cc2Cl)cc1. The van der Waals surface area contributed by atoms with Crippen LogP contribution in [0, 0.1) is 0 Å². The summed E-state index contributed by atoms with van der Waals surface area (Å²) in [6, 6.07) is 12.0. The molecule has 0 heterocycles. The number of rotatable bonds is 4. The van der Waals surface area contributed by atoms with Crippen LogP contribution in [0.1, 0.15) is 11.1 Å². The van der Waals surface area contributed by atoms with Gasteiger partial charge in [-0.15, -0.1) is 0 Å². The lowest BCUT2D eigenvalue weighted by Gasteiger charge is -2.08. The third-order valence-electron chi connectivity index (χ3n) is 2.92. The van der Waals surface area contributed by atoms with Crippen LogP contribution in [0.25, 0.3) is 10.6 Å². The molecule has 0 atom stereocenters. The highest BCUT2D eigenvalue weighted by Crippen LogP contribution is 2.34. The van der Waals surface area contributed by atoms with Crippen molar-refractivity contribution in [1.29, 1.82) is 0 Å². The van der Waals surface area contributed by atoms with Crippen molar-refractivity contribution >= 4 is 51.7 Å². The molecule has 0 aliphatic rings. The van der Waals surface area contributed by atoms with E-state index in [1.165, 1.54) is 0 Å². The first-order valence-electron chi connectivity index (χ1n) is 6.01. The maximum Gasteiger partial charge on any atom is 0.152 e. The van der Waals surface area contributed by atoms with Gasteiger partial charge in [0.05, 0.1) is 17.2 Å². The number of carbonyl (C=O) groups is 1. The van der Waals surface area contributed by atoms with Crippen LogP contribution in [0.2, 0.25) is 10.0 Å². The van der Waals surface area contributed by atoms with Crippen molar-refractivity contribution < 1.29 is 9.53 Å². The number of hydrogen-bond donors (Lipinski definition) is 0. The van der Waals surface area contributed by atoms with E-state index in [0.717, 1.165) is 0 Å². The summed E-state index contributed by atoms with van der Waals surface area (Å²) in [6.07, 6.45) is 0.703. The number of methoxy groups -OCH3 is 1. The maximum absolute atomic E-state index is 11.4. The number of allylic oxidation sites excluding steroid dienone is 1. The van der Waals surface area contributed by atoms with Crippen LogP contribution in [0.3, 0.4) is 0 Å². The van der Waals surface area contributed by atoms with Crippen molar-refractivity contribution in [2.24, 2.45) is 0 Å². The van der Waals surface area contributed by atoms with E-state index in [4.69, 9.17) is 39.5 Å². The average molecular weight is 342 g/mol. The molecule has 0 bridgehead atoms. The molecule has 0 N–H and O–H groups in total. The van der Waals surface area contributed by atoms with E-state index in [9.17, 15) is 4.79 Å². The number of halogens is 3. The van der Waals surface area contributed by atoms with Gasteiger partial charge in [0.25, 0.3) is 0 Å². The first-order chi connectivity index (χ1) is 10.1. The first-order valence-corrected chi connectivity index (χ1v) is 7.15. The summed E-state index contributed by atoms with van der Waals surface area (Å²) in [6.45, 7) is 0. The predicted octanol–water partition coefficient (Wildman–Crippen LogP) is 5.31. The Hall–Kier alpha value is -1.48. The van der Waals surface area contributed by atoms with Gasteiger partial charge in [0, 0.05) is 16.2 Å². The smallest absolute Gasteiger partial charge is 0.152 e. The molecule has 0 aromatic heterocycles. The van der Waals surface area contributed by atoms with Crippen LogP contribution in [0.4, 0.5) is 0 Å². The van der Waals surface area contributed by atoms with Gasteiger partial charge in [0.15, 0.2) is 6.29 Å². The van der Waals surface area contributed by atoms with E-state index < -0.39 is 0 Å². The second kappa shape index (κ2) is 6.99. The van der Waals surface area contributed by atoms with Crippen LogP contribution in [0.15, 0.2) is 42.5 Å². The predicted molar refractivity (Wildman–Crippen MR) is 88.2 cm³/mol. The van der Waals surface area contributed by atoms with Gasteiger partial charge < -0.3 is 4.74 Å². The Bertz CT molecular complexity index is 691. The van der Waals surface area contributed by atoms with E-state index in [1.54, 1.807) is 49.6 Å². The molecule has 5 heteroatoms. The van der Waals surface area contributed by atoms with Gasteiger partial charge in [0.2, 0.25) is 0 Å². The number of ether oxygens (including phenoxy) is 1. The maximum atomic E-state index is 11.4. The number of aldehydes is 1. The molecule has 2 rings (SSSR count). The monoisotopic (exact) mass is 340 g/mol. The molecule has 0 aliphatic carbocycles. The molecule has 0 amide bonds. The van der Waals surface area contributed by atoms with Crippen LogP contribution in [-0.2, 0) is 4.79 Å². The normalized spacial score (nSPS) is 11.8. The van der Waals surface area contributed by atoms with Crippen molar-refractivity contribution in [2.45, 2.75) is 0 Å². The van der Waals surface area contributed by atoms with Crippen molar-refractivity contribution in [3.05, 3.63) is 63.6 Å². The Labute approximate surface area is 137 Å². The van der Waals surface area contributed by atoms with Crippen LogP contribution in [0.5, 0.6) is 5.75 Å². The summed E-state index contributed by atoms with van der Waals surface area (Å²) in [5.74, 6) is 0.699. The fraction of sp³-hybridized carbons (Fsp3) is 0.0625. The minimum absolute atomic E-state index is 0.275. The summed E-state index contributed by atoms with van der Waals surface area (Å²) in [7, 11) is 1.58. The summed E-state index contributed by atoms with van der Waals surface area (Å²) < 4.78 is 5.09. The molecular weight excluding hydrogens is 331 g/mol. The molecule has 0 spiro atoms. The Balaban J connectivity index is 2.52. The zero-order valence-electron chi connectivity index (χ0n) is 11.1. The molecular formula is C16H11Cl3O2. The summed E-state index contributed by atoms with van der Waals surface area (Å²) in [5, 5.41) is 1.17. The van der Waals surface area contributed by atoms with Gasteiger partial charge in [0.1, 0.15) is 5.75 Å². The number of benzene rings is 2. The molecule has 2 nitrogen and oxygen atoms in total. The lowest BCUT2D eigenvalue weighted by atomic mass is 10.0. The number of carbonyl (C=O) groups excluding carboxylic acids is 1. The topological polar surface area (TPSA) is 26.3 Å². The third kappa shape index (κ3) is 3.59. The fourth-order valence-electron chi connectivity index (χ4n) is 1.83. The second-order valence-electron chi connectivity index (χ2n) is 4.20. The van der Waals surface area contributed by atoms with Crippen molar-refractivity contribution in [2.75, 3.05) is 7.11 Å². The van der Waals surface area contributed by atoms with Crippen molar-refractivity contribution in [1.82, 2.24) is 0 Å². The molecule has 21 heavy (non-hydrogen) atoms. The van der Waals surface area contributed by atoms with E-state index in [2.05, 4.69) is 0 Å². The molecule has 108 valence electrons. The third-order valence-corrected chi connectivity index (χ3v) is 3.88. The van der Waals surface area contributed by atoms with Gasteiger partial charge >= 0.3 is 0 Å². The zero-order chi connectivity index (χ0) is 15.4. The van der Waals surface area contributed by atoms with Crippen molar-refractivity contribution in [3.63, 3.8) is 0 Å². The Kier molecular flexibility index (Phi) is 5.29. The van der Waals surface area contributed by atoms with E-state index in [-0.39, 0.29) is 5.03 Å². The fourth-order valence-corrected chi connectivity index (χ4v) is 2.70. The van der Waals surface area contributed by atoms with E-state index in [0.29, 0.717) is 38.8 Å². The largest absolute Gasteiger partial charge is 0.497 e. The van der Waals surface area contributed by atoms with Gasteiger partial charge in [-0.1, -0.05) is 53.0 Å². The molecule has 0 aliphatic heterocycles. The van der Waals surface area contributed by atoms with E-state index >= 15 is 0 Å². The second-order valence-corrected chi connectivity index (χ2v) is 5.42. The first kappa shape index (κ1) is 15.9. The van der Waals surface area contributed by atoms with Gasteiger partial charge in [-0.2, -0.15) is 0 Å². The highest BCUT2D eigenvalue weighted by Gasteiger charge is 2.12. The van der Waals surface area contributed by atoms with Gasteiger partial charge in [-0.05, 0) is 29.8 Å². The summed E-state index contributed by atoms with van der Waals surface area (Å²) in [4.78, 5) is 11.4. The quantitative estimate of drug-likeness (QED) is 0.428. The Morgan fingerprint density at radius 1 is 1.10 bits per heavy atom. The molecule has 0 radical (unpaired) electrons. The van der Waals surface area contributed by atoms with Gasteiger partial charge in [-0.3, -0.25) is 4.79 Å². The molecule has 2 aromatic carbocycles. The minimum Gasteiger partial charge on any atom is -0.497 e. The lowest BCUT2D eigenvalue weighted by Crippen LogP contribution is -1.91. The van der Waals surface area contributed by atoms with Crippen LogP contribution >= 0.6 is 34.8 Å². The molecule has 0 unspecified atom stereocenters. The summed E-state index contributed by atoms with van der Waals surface area (Å²) in [5.41, 5.74) is 1.59. The summed E-state index contributed by atoms with van der Waals surface area (Å²) >= 11 is 18.3. The highest BCUT2D eigenvalue weighted by atomic mass is 35.5. The average Bonchev–Trinajstić information content (AvgIpc) is 2.48. The number of hydrogen-bond acceptors (Lipinski definition) is 2. The zero-order valence-corrected chi connectivity index (χ0v) is 13.3. The lowest BCUT2D eigenvalue weighted by molar-refractivity contribution is -0.103. The molecule has 2 aromatic rings. The molecule has 0 saturated carbocycles. The minimum atomic E-state index is 0.275. The standard InChI is InChI=1S/C16H11Cl3O2/c1-21-12-5-2-10(3-6-12)14(9-20)16(19)13-7-4-11(17)8-15(13)18/h2-9H,1H3. The Morgan fingerprint density at radius 3 is 2.29 bits per heavy atom. The Morgan fingerprint density at radius 2 is 1.76 bits per heavy atom. The molecule has 0 fully saturated rings. The van der Waals surface area contributed by atoms with Crippen molar-refractivity contribution in [3.8, 4) is 5.75 Å². The molecule has 0 saturated heterocycles. The highest BCUT2D eigenvalue weighted by molar-refractivity contribution is 6.57. The van der Waals surface area contributed by atoms with E-state index in [1.807, 2.05) is 0 Å².